The van der Waals surface area contributed by atoms with E-state index in [4.69, 9.17) is 10.3 Å². The van der Waals surface area contributed by atoms with Gasteiger partial charge in [-0.25, -0.2) is 0 Å². The minimum absolute atomic E-state index is 0.476. The first-order valence-electron chi connectivity index (χ1n) is 4.96. The molecule has 0 fully saturated rings. The molecule has 86 valence electrons. The fourth-order valence-electron chi connectivity index (χ4n) is 1.53. The number of rotatable bonds is 2. The van der Waals surface area contributed by atoms with Gasteiger partial charge < -0.3 is 10.3 Å². The second-order valence-electron chi connectivity index (χ2n) is 3.59. The Balaban J connectivity index is 2.05. The number of nitrogens with zero attached hydrogens (tertiary/aromatic N) is 2. The van der Waals surface area contributed by atoms with E-state index >= 15 is 0 Å². The van der Waals surface area contributed by atoms with Crippen LogP contribution in [-0.2, 0) is 0 Å². The SMILES string of the molecule is Cc1cscc1-c1noc(-c2ccsc2N)n1. The summed E-state index contributed by atoms with van der Waals surface area (Å²) < 4.78 is 5.24. The minimum Gasteiger partial charge on any atom is -0.390 e. The Morgan fingerprint density at radius 3 is 2.82 bits per heavy atom. The summed E-state index contributed by atoms with van der Waals surface area (Å²) >= 11 is 3.09. The van der Waals surface area contributed by atoms with Crippen molar-refractivity contribution in [3.8, 4) is 22.8 Å². The summed E-state index contributed by atoms with van der Waals surface area (Å²) in [5, 5.41) is 10.7. The van der Waals surface area contributed by atoms with Crippen LogP contribution < -0.4 is 5.73 Å². The number of thiophene rings is 2. The van der Waals surface area contributed by atoms with E-state index in [9.17, 15) is 0 Å². The molecule has 3 aromatic heterocycles. The lowest BCUT2D eigenvalue weighted by Gasteiger charge is -1.90. The Morgan fingerprint density at radius 1 is 1.29 bits per heavy atom. The second-order valence-corrected chi connectivity index (χ2v) is 5.28. The molecule has 3 aromatic rings. The van der Waals surface area contributed by atoms with Crippen LogP contribution in [0.2, 0.25) is 0 Å². The zero-order valence-electron chi connectivity index (χ0n) is 9.01. The van der Waals surface area contributed by atoms with Crippen LogP contribution in [0.5, 0.6) is 0 Å². The van der Waals surface area contributed by atoms with Crippen LogP contribution in [0.4, 0.5) is 5.00 Å². The van der Waals surface area contributed by atoms with E-state index in [1.807, 2.05) is 23.8 Å². The highest BCUT2D eigenvalue weighted by atomic mass is 32.1. The standard InChI is InChI=1S/C11H9N3OS2/c1-6-4-16-5-8(6)10-13-11(15-14-10)7-2-3-17-9(7)12/h2-5H,12H2,1H3. The Kier molecular flexibility index (Phi) is 2.45. The number of aryl methyl sites for hydroxylation is 1. The molecule has 0 amide bonds. The molecule has 0 radical (unpaired) electrons. The van der Waals surface area contributed by atoms with E-state index in [-0.39, 0.29) is 0 Å². The Morgan fingerprint density at radius 2 is 2.18 bits per heavy atom. The summed E-state index contributed by atoms with van der Waals surface area (Å²) in [5.74, 6) is 1.09. The van der Waals surface area contributed by atoms with Gasteiger partial charge in [-0.1, -0.05) is 5.16 Å². The summed E-state index contributed by atoms with van der Waals surface area (Å²) in [6.07, 6.45) is 0. The molecular formula is C11H9N3OS2. The predicted octanol–water partition coefficient (Wildman–Crippen LogP) is 3.42. The quantitative estimate of drug-likeness (QED) is 0.769. The van der Waals surface area contributed by atoms with E-state index in [0.29, 0.717) is 16.7 Å². The van der Waals surface area contributed by atoms with Gasteiger partial charge in [0.2, 0.25) is 5.82 Å². The van der Waals surface area contributed by atoms with Crippen LogP contribution in [0.1, 0.15) is 5.56 Å². The maximum Gasteiger partial charge on any atom is 0.261 e. The zero-order chi connectivity index (χ0) is 11.8. The third-order valence-corrected chi connectivity index (χ3v) is 4.06. The fourth-order valence-corrected chi connectivity index (χ4v) is 2.99. The van der Waals surface area contributed by atoms with Gasteiger partial charge >= 0.3 is 0 Å². The number of anilines is 1. The third-order valence-electron chi connectivity index (χ3n) is 2.45. The summed E-state index contributed by atoms with van der Waals surface area (Å²) in [4.78, 5) is 4.37. The molecule has 0 bridgehead atoms. The molecule has 17 heavy (non-hydrogen) atoms. The van der Waals surface area contributed by atoms with Gasteiger partial charge in [-0.15, -0.1) is 11.3 Å². The molecule has 0 aliphatic carbocycles. The van der Waals surface area contributed by atoms with Crippen LogP contribution in [-0.4, -0.2) is 10.1 Å². The smallest absolute Gasteiger partial charge is 0.261 e. The van der Waals surface area contributed by atoms with E-state index < -0.39 is 0 Å². The van der Waals surface area contributed by atoms with Gasteiger partial charge in [0, 0.05) is 10.9 Å². The third kappa shape index (κ3) is 1.75. The molecular weight excluding hydrogens is 254 g/mol. The largest absolute Gasteiger partial charge is 0.390 e. The zero-order valence-corrected chi connectivity index (χ0v) is 10.6. The van der Waals surface area contributed by atoms with Crippen LogP contribution in [0.3, 0.4) is 0 Å². The summed E-state index contributed by atoms with van der Waals surface area (Å²) in [5.41, 5.74) is 8.80. The molecule has 0 aliphatic rings. The van der Waals surface area contributed by atoms with Crippen molar-refractivity contribution in [3.05, 3.63) is 27.8 Å². The number of hydrogen-bond acceptors (Lipinski definition) is 6. The van der Waals surface area contributed by atoms with Crippen molar-refractivity contribution in [1.29, 1.82) is 0 Å². The van der Waals surface area contributed by atoms with Crippen LogP contribution in [0, 0.1) is 6.92 Å². The predicted molar refractivity (Wildman–Crippen MR) is 70.1 cm³/mol. The number of nitrogen functional groups attached to an aromatic ring is 1. The van der Waals surface area contributed by atoms with Crippen LogP contribution >= 0.6 is 22.7 Å². The number of aromatic nitrogens is 2. The molecule has 0 unspecified atom stereocenters. The maximum absolute atomic E-state index is 5.82. The minimum atomic E-state index is 0.476. The lowest BCUT2D eigenvalue weighted by atomic mass is 10.2. The first kappa shape index (κ1) is 10.5. The van der Waals surface area contributed by atoms with Gasteiger partial charge in [-0.2, -0.15) is 16.3 Å². The monoisotopic (exact) mass is 263 g/mol. The summed E-state index contributed by atoms with van der Waals surface area (Å²) in [6, 6.07) is 1.89. The van der Waals surface area contributed by atoms with E-state index in [1.54, 1.807) is 11.3 Å². The van der Waals surface area contributed by atoms with Crippen LogP contribution in [0.15, 0.2) is 26.7 Å². The van der Waals surface area contributed by atoms with Crippen molar-refractivity contribution >= 4 is 27.7 Å². The molecule has 0 saturated heterocycles. The molecule has 2 N–H and O–H groups in total. The van der Waals surface area contributed by atoms with Crippen molar-refractivity contribution in [2.45, 2.75) is 6.92 Å². The molecule has 4 nitrogen and oxygen atoms in total. The summed E-state index contributed by atoms with van der Waals surface area (Å²) in [7, 11) is 0. The van der Waals surface area contributed by atoms with Crippen molar-refractivity contribution in [2.24, 2.45) is 0 Å². The van der Waals surface area contributed by atoms with Gasteiger partial charge in [-0.05, 0) is 29.3 Å². The van der Waals surface area contributed by atoms with E-state index in [1.165, 1.54) is 11.3 Å². The molecule has 3 rings (SSSR count). The fraction of sp³-hybridized carbons (Fsp3) is 0.0909. The highest BCUT2D eigenvalue weighted by molar-refractivity contribution is 7.14. The van der Waals surface area contributed by atoms with Crippen molar-refractivity contribution < 1.29 is 4.52 Å². The van der Waals surface area contributed by atoms with E-state index in [2.05, 4.69) is 15.5 Å². The average molecular weight is 263 g/mol. The first-order valence-corrected chi connectivity index (χ1v) is 6.78. The topological polar surface area (TPSA) is 64.9 Å². The molecule has 0 atom stereocenters. The molecule has 6 heteroatoms. The van der Waals surface area contributed by atoms with Crippen molar-refractivity contribution in [3.63, 3.8) is 0 Å². The Labute approximate surface area is 106 Å². The maximum atomic E-state index is 5.82. The lowest BCUT2D eigenvalue weighted by Crippen LogP contribution is -1.84. The molecule has 0 aliphatic heterocycles. The van der Waals surface area contributed by atoms with Gasteiger partial charge in [0.15, 0.2) is 0 Å². The Hall–Kier alpha value is -1.66. The molecule has 0 saturated carbocycles. The van der Waals surface area contributed by atoms with Gasteiger partial charge in [0.25, 0.3) is 5.89 Å². The summed E-state index contributed by atoms with van der Waals surface area (Å²) in [6.45, 7) is 2.03. The van der Waals surface area contributed by atoms with Gasteiger partial charge in [0.1, 0.15) is 0 Å². The molecule has 0 spiro atoms. The first-order chi connectivity index (χ1) is 8.25. The lowest BCUT2D eigenvalue weighted by molar-refractivity contribution is 0.432. The average Bonchev–Trinajstić information content (AvgIpc) is 2.97. The van der Waals surface area contributed by atoms with Gasteiger partial charge in [0.05, 0.1) is 10.6 Å². The number of nitrogens with two attached hydrogens (primary N) is 1. The second kappa shape index (κ2) is 3.97. The molecule has 3 heterocycles. The van der Waals surface area contributed by atoms with E-state index in [0.717, 1.165) is 16.7 Å². The van der Waals surface area contributed by atoms with Crippen molar-refractivity contribution in [2.75, 3.05) is 5.73 Å². The van der Waals surface area contributed by atoms with Gasteiger partial charge in [-0.3, -0.25) is 0 Å². The Bertz CT molecular complexity index is 598. The highest BCUT2D eigenvalue weighted by Gasteiger charge is 2.15. The van der Waals surface area contributed by atoms with Crippen LogP contribution in [0.25, 0.3) is 22.8 Å². The van der Waals surface area contributed by atoms with Crippen molar-refractivity contribution in [1.82, 2.24) is 10.1 Å². The number of hydrogen-bond donors (Lipinski definition) is 1. The normalized spacial score (nSPS) is 10.9. The highest BCUT2D eigenvalue weighted by Crippen LogP contribution is 2.31. The molecule has 0 aromatic carbocycles.